The van der Waals surface area contributed by atoms with Crippen LogP contribution in [0.5, 0.6) is 11.5 Å². The molecule has 0 aliphatic rings. The van der Waals surface area contributed by atoms with Crippen molar-refractivity contribution in [1.82, 2.24) is 4.98 Å². The Morgan fingerprint density at radius 2 is 2.04 bits per heavy atom. The van der Waals surface area contributed by atoms with Gasteiger partial charge in [-0.25, -0.2) is 0 Å². The van der Waals surface area contributed by atoms with Crippen molar-refractivity contribution in [2.24, 2.45) is 0 Å². The zero-order valence-corrected chi connectivity index (χ0v) is 15.8. The largest absolute Gasteiger partial charge is 0.491 e. The Morgan fingerprint density at radius 1 is 1.23 bits per heavy atom. The average Bonchev–Trinajstić information content (AvgIpc) is 2.63. The lowest BCUT2D eigenvalue weighted by molar-refractivity contribution is -0.137. The summed E-state index contributed by atoms with van der Waals surface area (Å²) in [7, 11) is 1.56. The predicted molar refractivity (Wildman–Crippen MR) is 102 cm³/mol. The van der Waals surface area contributed by atoms with E-state index in [2.05, 4.69) is 11.9 Å². The SMILES string of the molecule is CCCCCC(O)C=Cc1cc(OCCCCCC(=O)O)c(OC)cn1. The molecule has 0 radical (unpaired) electrons. The number of aromatic nitrogens is 1. The molecule has 0 amide bonds. The number of carbonyl (C=O) groups is 1. The molecule has 1 unspecified atom stereocenters. The van der Waals surface area contributed by atoms with Crippen molar-refractivity contribution in [3.63, 3.8) is 0 Å². The van der Waals surface area contributed by atoms with Gasteiger partial charge in [0.05, 0.1) is 31.7 Å². The third-order valence-corrected chi connectivity index (χ3v) is 3.96. The van der Waals surface area contributed by atoms with E-state index in [-0.39, 0.29) is 6.42 Å². The van der Waals surface area contributed by atoms with Gasteiger partial charge in [-0.05, 0) is 31.8 Å². The minimum atomic E-state index is -0.768. The first-order valence-electron chi connectivity index (χ1n) is 9.31. The van der Waals surface area contributed by atoms with E-state index >= 15 is 0 Å². The molecular formula is C20H31NO5. The maximum atomic E-state index is 10.5. The lowest BCUT2D eigenvalue weighted by Gasteiger charge is -2.11. The number of rotatable bonds is 14. The van der Waals surface area contributed by atoms with Crippen molar-refractivity contribution in [2.45, 2.75) is 64.4 Å². The van der Waals surface area contributed by atoms with Crippen molar-refractivity contribution in [1.29, 1.82) is 0 Å². The Hall–Kier alpha value is -2.08. The molecule has 2 N–H and O–H groups in total. The Bertz CT molecular complexity index is 559. The van der Waals surface area contributed by atoms with Gasteiger partial charge in [-0.15, -0.1) is 0 Å². The van der Waals surface area contributed by atoms with Crippen molar-refractivity contribution in [2.75, 3.05) is 13.7 Å². The quantitative estimate of drug-likeness (QED) is 0.483. The van der Waals surface area contributed by atoms with E-state index in [9.17, 15) is 9.90 Å². The second-order valence-corrected chi connectivity index (χ2v) is 6.24. The molecule has 146 valence electrons. The highest BCUT2D eigenvalue weighted by atomic mass is 16.5. The van der Waals surface area contributed by atoms with Crippen LogP contribution in [0.15, 0.2) is 18.3 Å². The van der Waals surface area contributed by atoms with Gasteiger partial charge < -0.3 is 19.7 Å². The lowest BCUT2D eigenvalue weighted by atomic mass is 10.1. The molecule has 0 spiro atoms. The average molecular weight is 365 g/mol. The molecule has 1 rings (SSSR count). The number of hydrogen-bond acceptors (Lipinski definition) is 5. The summed E-state index contributed by atoms with van der Waals surface area (Å²) in [5.41, 5.74) is 0.696. The molecule has 0 aliphatic carbocycles. The van der Waals surface area contributed by atoms with Crippen LogP contribution in [0, 0.1) is 0 Å². The molecule has 6 nitrogen and oxygen atoms in total. The first-order chi connectivity index (χ1) is 12.6. The van der Waals surface area contributed by atoms with Crippen LogP contribution < -0.4 is 9.47 Å². The summed E-state index contributed by atoms with van der Waals surface area (Å²) >= 11 is 0. The Morgan fingerprint density at radius 3 is 2.73 bits per heavy atom. The van der Waals surface area contributed by atoms with E-state index < -0.39 is 12.1 Å². The number of carboxylic acid groups (broad SMARTS) is 1. The molecule has 0 saturated carbocycles. The number of carboxylic acids is 1. The number of nitrogens with zero attached hydrogens (tertiary/aromatic N) is 1. The number of aliphatic hydroxyl groups excluding tert-OH is 1. The van der Waals surface area contributed by atoms with E-state index in [4.69, 9.17) is 14.6 Å². The van der Waals surface area contributed by atoms with E-state index in [1.165, 1.54) is 0 Å². The summed E-state index contributed by atoms with van der Waals surface area (Å²) in [6, 6.07) is 1.78. The van der Waals surface area contributed by atoms with Gasteiger partial charge in [0.15, 0.2) is 11.5 Å². The van der Waals surface area contributed by atoms with E-state index in [0.29, 0.717) is 30.2 Å². The highest BCUT2D eigenvalue weighted by molar-refractivity contribution is 5.66. The fourth-order valence-electron chi connectivity index (χ4n) is 2.44. The lowest BCUT2D eigenvalue weighted by Crippen LogP contribution is -2.02. The van der Waals surface area contributed by atoms with Crippen LogP contribution in [0.3, 0.4) is 0 Å². The topological polar surface area (TPSA) is 88.9 Å². The van der Waals surface area contributed by atoms with E-state index in [1.807, 2.05) is 0 Å². The fourth-order valence-corrected chi connectivity index (χ4v) is 2.44. The molecule has 1 heterocycles. The van der Waals surface area contributed by atoms with Crippen LogP contribution in [-0.2, 0) is 4.79 Å². The number of ether oxygens (including phenoxy) is 2. The number of hydrogen-bond donors (Lipinski definition) is 2. The Kier molecular flexibility index (Phi) is 11.1. The van der Waals surface area contributed by atoms with Crippen LogP contribution >= 0.6 is 0 Å². The summed E-state index contributed by atoms with van der Waals surface area (Å²) in [4.78, 5) is 14.8. The zero-order valence-electron chi connectivity index (χ0n) is 15.8. The summed E-state index contributed by atoms with van der Waals surface area (Å²) in [5, 5.41) is 18.6. The minimum absolute atomic E-state index is 0.189. The van der Waals surface area contributed by atoms with Gasteiger partial charge >= 0.3 is 5.97 Å². The maximum absolute atomic E-state index is 10.5. The molecule has 0 aliphatic heterocycles. The fraction of sp³-hybridized carbons (Fsp3) is 0.600. The molecule has 6 heteroatoms. The molecule has 26 heavy (non-hydrogen) atoms. The predicted octanol–water partition coefficient (Wildman–Crippen LogP) is 4.07. The first-order valence-corrected chi connectivity index (χ1v) is 9.31. The molecular weight excluding hydrogens is 334 g/mol. The van der Waals surface area contributed by atoms with Crippen LogP contribution in [0.2, 0.25) is 0 Å². The molecule has 0 aromatic carbocycles. The van der Waals surface area contributed by atoms with E-state index in [0.717, 1.165) is 38.5 Å². The van der Waals surface area contributed by atoms with Crippen molar-refractivity contribution >= 4 is 12.0 Å². The summed E-state index contributed by atoms with van der Waals surface area (Å²) < 4.78 is 11.0. The molecule has 1 aromatic rings. The number of aliphatic hydroxyl groups is 1. The molecule has 0 bridgehead atoms. The zero-order chi connectivity index (χ0) is 19.2. The van der Waals surface area contributed by atoms with Gasteiger partial charge in [0.1, 0.15) is 0 Å². The number of aliphatic carboxylic acids is 1. The van der Waals surface area contributed by atoms with Gasteiger partial charge in [-0.1, -0.05) is 32.3 Å². The molecule has 1 atom stereocenters. The minimum Gasteiger partial charge on any atom is -0.491 e. The standard InChI is InChI=1S/C20H31NO5/c1-3-4-6-9-17(22)12-11-16-14-18(19(25-2)15-21-16)26-13-8-5-7-10-20(23)24/h11-12,14-15,17,22H,3-10,13H2,1-2H3,(H,23,24). The number of methoxy groups -OCH3 is 1. The highest BCUT2D eigenvalue weighted by Crippen LogP contribution is 2.27. The maximum Gasteiger partial charge on any atom is 0.303 e. The van der Waals surface area contributed by atoms with Gasteiger partial charge in [0, 0.05) is 12.5 Å². The Labute approximate surface area is 155 Å². The molecule has 1 aromatic heterocycles. The van der Waals surface area contributed by atoms with Gasteiger partial charge in [0.2, 0.25) is 0 Å². The van der Waals surface area contributed by atoms with E-state index in [1.54, 1.807) is 31.5 Å². The third-order valence-electron chi connectivity index (χ3n) is 3.96. The summed E-state index contributed by atoms with van der Waals surface area (Å²) in [6.07, 6.45) is 11.1. The second kappa shape index (κ2) is 13.2. The smallest absolute Gasteiger partial charge is 0.303 e. The van der Waals surface area contributed by atoms with Crippen molar-refractivity contribution in [3.8, 4) is 11.5 Å². The first kappa shape index (κ1) is 22.0. The van der Waals surface area contributed by atoms with Gasteiger partial charge in [-0.2, -0.15) is 0 Å². The summed E-state index contributed by atoms with van der Waals surface area (Å²) in [6.45, 7) is 2.62. The summed E-state index contributed by atoms with van der Waals surface area (Å²) in [5.74, 6) is 0.382. The monoisotopic (exact) mass is 365 g/mol. The Balaban J connectivity index is 2.51. The number of pyridine rings is 1. The van der Waals surface area contributed by atoms with Crippen LogP contribution in [0.4, 0.5) is 0 Å². The van der Waals surface area contributed by atoms with Crippen molar-refractivity contribution in [3.05, 3.63) is 24.0 Å². The van der Waals surface area contributed by atoms with Crippen LogP contribution in [0.25, 0.3) is 6.08 Å². The van der Waals surface area contributed by atoms with Crippen molar-refractivity contribution < 1.29 is 24.5 Å². The third kappa shape index (κ3) is 9.42. The molecule has 0 fully saturated rings. The van der Waals surface area contributed by atoms with Gasteiger partial charge in [0.25, 0.3) is 0 Å². The highest BCUT2D eigenvalue weighted by Gasteiger charge is 2.07. The normalized spacial score (nSPS) is 12.3. The van der Waals surface area contributed by atoms with Crippen LogP contribution in [0.1, 0.15) is 64.0 Å². The van der Waals surface area contributed by atoms with Gasteiger partial charge in [-0.3, -0.25) is 9.78 Å². The molecule has 0 saturated heterocycles. The van der Waals surface area contributed by atoms with Crippen LogP contribution in [-0.4, -0.2) is 41.0 Å². The second-order valence-electron chi connectivity index (χ2n) is 6.24. The number of unbranched alkanes of at least 4 members (excludes halogenated alkanes) is 4.